The molecule has 5 aliphatic rings. The second-order valence-corrected chi connectivity index (χ2v) is 11.7. The number of benzene rings is 1. The summed E-state index contributed by atoms with van der Waals surface area (Å²) in [6, 6.07) is 2.52. The summed E-state index contributed by atoms with van der Waals surface area (Å²) >= 11 is 0. The number of amides is 1. The van der Waals surface area contributed by atoms with Crippen LogP contribution in [-0.4, -0.2) is 55.7 Å². The summed E-state index contributed by atoms with van der Waals surface area (Å²) in [5.74, 6) is -1.51. The number of ether oxygens (including phenoxy) is 1. The van der Waals surface area contributed by atoms with Gasteiger partial charge in [-0.1, -0.05) is 0 Å². The summed E-state index contributed by atoms with van der Waals surface area (Å²) in [4.78, 5) is 36.3. The number of carbonyl (C=O) groups is 3. The highest BCUT2D eigenvalue weighted by atomic mass is 32.2. The van der Waals surface area contributed by atoms with E-state index in [2.05, 4.69) is 4.72 Å². The first kappa shape index (κ1) is 22.1. The van der Waals surface area contributed by atoms with Gasteiger partial charge in [0.15, 0.2) is 6.61 Å². The number of hydrogen-bond donors (Lipinski definition) is 3. The van der Waals surface area contributed by atoms with E-state index in [1.54, 1.807) is 0 Å². The summed E-state index contributed by atoms with van der Waals surface area (Å²) < 4.78 is 34.3. The Bertz CT molecular complexity index is 1100. The van der Waals surface area contributed by atoms with Crippen LogP contribution in [0.15, 0.2) is 23.1 Å². The van der Waals surface area contributed by atoms with E-state index in [4.69, 9.17) is 9.84 Å². The maximum Gasteiger partial charge on any atom is 0.323 e. The summed E-state index contributed by atoms with van der Waals surface area (Å²) in [7, 11) is -4.22. The average molecular weight is 479 g/mol. The van der Waals surface area contributed by atoms with Crippen molar-refractivity contribution in [2.45, 2.75) is 49.5 Å². The van der Waals surface area contributed by atoms with E-state index in [-0.39, 0.29) is 16.3 Å². The molecule has 3 N–H and O–H groups in total. The van der Waals surface area contributed by atoms with Crippen molar-refractivity contribution in [2.24, 2.45) is 23.2 Å². The minimum Gasteiger partial charge on any atom is -0.482 e. The van der Waals surface area contributed by atoms with Crippen molar-refractivity contribution in [2.75, 3.05) is 18.1 Å². The molecule has 4 fully saturated rings. The zero-order valence-electron chi connectivity index (χ0n) is 17.9. The van der Waals surface area contributed by atoms with Crippen LogP contribution in [0.4, 0.5) is 5.69 Å². The monoisotopic (exact) mass is 478 g/mol. The molecule has 0 spiro atoms. The van der Waals surface area contributed by atoms with Crippen LogP contribution < -0.4 is 14.4 Å². The molecule has 1 aromatic rings. The lowest BCUT2D eigenvalue weighted by atomic mass is 9.48. The molecule has 4 bridgehead atoms. The number of nitrogens with zero attached hydrogens (tertiary/aromatic N) is 1. The first-order valence-corrected chi connectivity index (χ1v) is 12.6. The summed E-state index contributed by atoms with van der Waals surface area (Å²) in [5.41, 5.74) is -0.424. The molecule has 4 saturated carbocycles. The van der Waals surface area contributed by atoms with Gasteiger partial charge in [-0.3, -0.25) is 19.3 Å². The van der Waals surface area contributed by atoms with E-state index < -0.39 is 52.5 Å². The second-order valence-electron chi connectivity index (χ2n) is 9.96. The van der Waals surface area contributed by atoms with Gasteiger partial charge in [0, 0.05) is 6.07 Å². The smallest absolute Gasteiger partial charge is 0.323 e. The molecule has 0 unspecified atom stereocenters. The number of nitrogens with one attached hydrogen (secondary N) is 1. The van der Waals surface area contributed by atoms with Gasteiger partial charge >= 0.3 is 11.9 Å². The molecule has 1 atom stereocenters. The molecule has 178 valence electrons. The Labute approximate surface area is 191 Å². The molecular weight excluding hydrogens is 452 g/mol. The predicted molar refractivity (Wildman–Crippen MR) is 114 cm³/mol. The van der Waals surface area contributed by atoms with Crippen molar-refractivity contribution in [3.63, 3.8) is 0 Å². The Morgan fingerprint density at radius 2 is 1.73 bits per heavy atom. The van der Waals surface area contributed by atoms with Crippen molar-refractivity contribution < 1.29 is 37.8 Å². The van der Waals surface area contributed by atoms with Crippen molar-refractivity contribution in [3.8, 4) is 5.75 Å². The lowest BCUT2D eigenvalue weighted by molar-refractivity contribution is -0.150. The molecule has 4 aliphatic carbocycles. The number of aliphatic carboxylic acids is 2. The van der Waals surface area contributed by atoms with Crippen LogP contribution in [0, 0.1) is 23.2 Å². The minimum atomic E-state index is -4.22. The number of hydrogen-bond acceptors (Lipinski definition) is 6. The van der Waals surface area contributed by atoms with E-state index >= 15 is 0 Å². The topological polar surface area (TPSA) is 150 Å². The molecule has 10 nitrogen and oxygen atoms in total. The van der Waals surface area contributed by atoms with Crippen LogP contribution in [0.3, 0.4) is 0 Å². The Hall–Kier alpha value is -2.66. The van der Waals surface area contributed by atoms with Gasteiger partial charge in [0.05, 0.1) is 10.6 Å². The maximum absolute atomic E-state index is 13.2. The number of carboxylic acid groups (broad SMARTS) is 2. The third-order valence-corrected chi connectivity index (χ3v) is 9.12. The molecule has 1 aliphatic heterocycles. The molecule has 0 radical (unpaired) electrons. The highest BCUT2D eigenvalue weighted by Gasteiger charge is 2.57. The Morgan fingerprint density at radius 3 is 2.27 bits per heavy atom. The third kappa shape index (κ3) is 3.86. The fraction of sp³-hybridized carbons (Fsp3) is 0.591. The van der Waals surface area contributed by atoms with E-state index in [9.17, 15) is 27.9 Å². The lowest BCUT2D eigenvalue weighted by Gasteiger charge is -2.58. The van der Waals surface area contributed by atoms with Crippen LogP contribution >= 0.6 is 0 Å². The minimum absolute atomic E-state index is 0.0559. The van der Waals surface area contributed by atoms with Crippen LogP contribution in [-0.2, 0) is 24.4 Å². The van der Waals surface area contributed by atoms with Gasteiger partial charge in [0.2, 0.25) is 10.0 Å². The molecule has 1 aromatic carbocycles. The Kier molecular flexibility index (Phi) is 5.16. The standard InChI is InChI=1S/C22H26N2O8S/c25-18-11-32-17-6-15(1-2-16(17)24(18)10-19(26)27)33(30,31)23-20(21(28)29)22-7-12-3-13(8-22)5-14(4-12)9-22/h1-2,6,12-14,20,23H,3-5,7-11H2,(H,26,27)(H,28,29)/t12?,13?,14?,20-,22?/m1/s1. The molecule has 6 rings (SSSR count). The molecular formula is C22H26N2O8S. The highest BCUT2D eigenvalue weighted by molar-refractivity contribution is 7.89. The second kappa shape index (κ2) is 7.69. The molecule has 1 amide bonds. The van der Waals surface area contributed by atoms with E-state index in [1.165, 1.54) is 18.2 Å². The van der Waals surface area contributed by atoms with Gasteiger partial charge in [-0.2, -0.15) is 4.72 Å². The highest BCUT2D eigenvalue weighted by Crippen LogP contribution is 2.61. The van der Waals surface area contributed by atoms with Gasteiger partial charge in [-0.15, -0.1) is 0 Å². The van der Waals surface area contributed by atoms with Crippen LogP contribution in [0.25, 0.3) is 0 Å². The summed E-state index contributed by atoms with van der Waals surface area (Å²) in [6.07, 6.45) is 5.47. The first-order valence-electron chi connectivity index (χ1n) is 11.1. The molecule has 33 heavy (non-hydrogen) atoms. The van der Waals surface area contributed by atoms with Crippen LogP contribution in [0.1, 0.15) is 38.5 Å². The van der Waals surface area contributed by atoms with Crippen molar-refractivity contribution in [3.05, 3.63) is 18.2 Å². The zero-order chi connectivity index (χ0) is 23.5. The normalized spacial score (nSPS) is 31.1. The molecule has 0 saturated heterocycles. The first-order chi connectivity index (χ1) is 15.6. The molecule has 0 aromatic heterocycles. The van der Waals surface area contributed by atoms with Gasteiger partial charge in [0.1, 0.15) is 18.3 Å². The Morgan fingerprint density at radius 1 is 1.12 bits per heavy atom. The van der Waals surface area contributed by atoms with Crippen molar-refractivity contribution in [1.29, 1.82) is 0 Å². The SMILES string of the molecule is O=C(O)CN1C(=O)COc2cc(S(=O)(=O)N[C@H](C(=O)O)C34CC5CC(CC(C5)C3)C4)ccc21. The number of rotatable bonds is 7. The largest absolute Gasteiger partial charge is 0.482 e. The third-order valence-electron chi connectivity index (χ3n) is 7.70. The van der Waals surface area contributed by atoms with Crippen molar-refractivity contribution >= 4 is 33.6 Å². The van der Waals surface area contributed by atoms with Crippen LogP contribution in [0.2, 0.25) is 0 Å². The lowest BCUT2D eigenvalue weighted by Crippen LogP contribution is -2.59. The van der Waals surface area contributed by atoms with Gasteiger partial charge < -0.3 is 14.9 Å². The fourth-order valence-corrected chi connectivity index (χ4v) is 8.16. The van der Waals surface area contributed by atoms with Crippen molar-refractivity contribution in [1.82, 2.24) is 4.72 Å². The van der Waals surface area contributed by atoms with Gasteiger partial charge in [-0.25, -0.2) is 8.42 Å². The molecule has 1 heterocycles. The average Bonchev–Trinajstić information content (AvgIpc) is 2.72. The van der Waals surface area contributed by atoms with Crippen LogP contribution in [0.5, 0.6) is 5.75 Å². The number of fused-ring (bicyclic) bond motifs is 1. The van der Waals surface area contributed by atoms with Gasteiger partial charge in [-0.05, 0) is 73.8 Å². The number of sulfonamides is 1. The fourth-order valence-electron chi connectivity index (χ4n) is 6.85. The van der Waals surface area contributed by atoms with E-state index in [1.807, 2.05) is 0 Å². The maximum atomic E-state index is 13.2. The molecule has 11 heteroatoms. The van der Waals surface area contributed by atoms with E-state index in [0.717, 1.165) is 43.4 Å². The quantitative estimate of drug-likeness (QED) is 0.533. The predicted octanol–water partition coefficient (Wildman–Crippen LogP) is 1.44. The number of anilines is 1. The zero-order valence-corrected chi connectivity index (χ0v) is 18.7. The summed E-state index contributed by atoms with van der Waals surface area (Å²) in [5, 5.41) is 19.1. The number of carboxylic acids is 2. The van der Waals surface area contributed by atoms with Gasteiger partial charge in [0.25, 0.3) is 5.91 Å². The number of carbonyl (C=O) groups excluding carboxylic acids is 1. The van der Waals surface area contributed by atoms with E-state index in [0.29, 0.717) is 17.8 Å². The summed E-state index contributed by atoms with van der Waals surface area (Å²) in [6.45, 7) is -0.991. The Balaban J connectivity index is 1.43.